The first-order valence-corrected chi connectivity index (χ1v) is 6.34. The van der Waals surface area contributed by atoms with E-state index in [4.69, 9.17) is 0 Å². The third-order valence-electron chi connectivity index (χ3n) is 2.22. The molecule has 0 amide bonds. The summed E-state index contributed by atoms with van der Waals surface area (Å²) < 4.78 is 30.4. The molecule has 2 aromatic rings. The van der Waals surface area contributed by atoms with Gasteiger partial charge in [-0.05, 0) is 12.1 Å². The van der Waals surface area contributed by atoms with Crippen LogP contribution in [0.3, 0.4) is 0 Å². The van der Waals surface area contributed by atoms with Crippen LogP contribution in [0.2, 0.25) is 0 Å². The summed E-state index contributed by atoms with van der Waals surface area (Å²) in [7, 11) is 0. The molecule has 2 rings (SSSR count). The van der Waals surface area contributed by atoms with Crippen molar-refractivity contribution < 1.29 is 13.5 Å². The van der Waals surface area contributed by atoms with Crippen LogP contribution in [0.25, 0.3) is 5.69 Å². The van der Waals surface area contributed by atoms with Crippen molar-refractivity contribution in [3.05, 3.63) is 36.2 Å². The van der Waals surface area contributed by atoms with Gasteiger partial charge in [0.15, 0.2) is 5.75 Å². The van der Waals surface area contributed by atoms with Gasteiger partial charge in [-0.2, -0.15) is 8.78 Å². The highest BCUT2D eigenvalue weighted by Gasteiger charge is 2.11. The normalized spacial score (nSPS) is 10.9. The molecular weight excluding hydrogens is 308 g/mol. The fourth-order valence-electron chi connectivity index (χ4n) is 1.47. The zero-order chi connectivity index (χ0) is 13.0. The molecule has 0 aliphatic rings. The molecule has 1 heterocycles. The highest BCUT2D eigenvalue weighted by molar-refractivity contribution is 9.09. The first-order valence-electron chi connectivity index (χ1n) is 5.22. The second kappa shape index (κ2) is 5.90. The number of hydrogen-bond donors (Lipinski definition) is 0. The van der Waals surface area contributed by atoms with Crippen molar-refractivity contribution >= 4 is 15.9 Å². The summed E-state index contributed by atoms with van der Waals surface area (Å²) in [5.41, 5.74) is 1.21. The predicted molar refractivity (Wildman–Crippen MR) is 65.5 cm³/mol. The van der Waals surface area contributed by atoms with Crippen LogP contribution in [-0.4, -0.2) is 26.9 Å². The van der Waals surface area contributed by atoms with Gasteiger partial charge >= 0.3 is 6.61 Å². The van der Waals surface area contributed by atoms with E-state index in [1.807, 2.05) is 0 Å². The second-order valence-electron chi connectivity index (χ2n) is 3.44. The van der Waals surface area contributed by atoms with Crippen molar-refractivity contribution in [1.82, 2.24) is 15.0 Å². The summed E-state index contributed by atoms with van der Waals surface area (Å²) in [6, 6.07) is 6.45. The molecule has 96 valence electrons. The lowest BCUT2D eigenvalue weighted by molar-refractivity contribution is -0.0499. The van der Waals surface area contributed by atoms with Gasteiger partial charge in [0.25, 0.3) is 0 Å². The van der Waals surface area contributed by atoms with Crippen LogP contribution in [0.1, 0.15) is 5.69 Å². The van der Waals surface area contributed by atoms with E-state index >= 15 is 0 Å². The maximum atomic E-state index is 12.3. The standard InChI is InChI=1S/C11H10BrF2N3O/c12-6-5-8-7-17(16-15-8)9-3-1-2-4-10(9)18-11(13)14/h1-4,7,11H,5-6H2. The van der Waals surface area contributed by atoms with Gasteiger partial charge in [0.05, 0.1) is 11.9 Å². The molecule has 0 spiro atoms. The fourth-order valence-corrected chi connectivity index (χ4v) is 1.88. The number of aryl methyl sites for hydroxylation is 1. The Hall–Kier alpha value is -1.50. The van der Waals surface area contributed by atoms with E-state index in [2.05, 4.69) is 31.0 Å². The summed E-state index contributed by atoms with van der Waals surface area (Å²) in [6.07, 6.45) is 2.41. The molecule has 0 aliphatic carbocycles. The Morgan fingerprint density at radius 2 is 2.11 bits per heavy atom. The number of para-hydroxylation sites is 2. The molecule has 0 saturated heterocycles. The SMILES string of the molecule is FC(F)Oc1ccccc1-n1cc(CCBr)nn1. The maximum absolute atomic E-state index is 12.3. The monoisotopic (exact) mass is 317 g/mol. The Balaban J connectivity index is 2.30. The highest BCUT2D eigenvalue weighted by atomic mass is 79.9. The van der Waals surface area contributed by atoms with Crippen LogP contribution in [0.15, 0.2) is 30.5 Å². The van der Waals surface area contributed by atoms with Crippen LogP contribution in [0.4, 0.5) is 8.78 Å². The summed E-state index contributed by atoms with van der Waals surface area (Å²) in [5, 5.41) is 8.60. The van der Waals surface area contributed by atoms with Crippen LogP contribution in [0.5, 0.6) is 5.75 Å². The molecule has 0 radical (unpaired) electrons. The number of benzene rings is 1. The van der Waals surface area contributed by atoms with Gasteiger partial charge in [-0.15, -0.1) is 5.10 Å². The Kier molecular flexibility index (Phi) is 4.24. The van der Waals surface area contributed by atoms with E-state index in [9.17, 15) is 8.78 Å². The summed E-state index contributed by atoms with van der Waals surface area (Å²) in [6.45, 7) is -2.86. The first-order chi connectivity index (χ1) is 8.70. The molecule has 4 nitrogen and oxygen atoms in total. The summed E-state index contributed by atoms with van der Waals surface area (Å²) in [4.78, 5) is 0. The van der Waals surface area contributed by atoms with Gasteiger partial charge < -0.3 is 4.74 Å². The molecule has 0 unspecified atom stereocenters. The molecule has 0 atom stereocenters. The molecule has 7 heteroatoms. The Morgan fingerprint density at radius 3 is 2.83 bits per heavy atom. The number of aromatic nitrogens is 3. The van der Waals surface area contributed by atoms with E-state index in [1.54, 1.807) is 24.4 Å². The van der Waals surface area contributed by atoms with Crippen LogP contribution < -0.4 is 4.74 Å². The average Bonchev–Trinajstić information content (AvgIpc) is 2.78. The number of nitrogens with zero attached hydrogens (tertiary/aromatic N) is 3. The van der Waals surface area contributed by atoms with Gasteiger partial charge in [-0.1, -0.05) is 33.3 Å². The van der Waals surface area contributed by atoms with Crippen molar-refractivity contribution in [2.75, 3.05) is 5.33 Å². The lowest BCUT2D eigenvalue weighted by Crippen LogP contribution is -2.06. The van der Waals surface area contributed by atoms with E-state index in [0.29, 0.717) is 5.69 Å². The third kappa shape index (κ3) is 3.04. The van der Waals surface area contributed by atoms with Gasteiger partial charge in [0, 0.05) is 11.8 Å². The summed E-state index contributed by atoms with van der Waals surface area (Å²) >= 11 is 3.30. The molecular formula is C11H10BrF2N3O. The minimum absolute atomic E-state index is 0.0720. The largest absolute Gasteiger partial charge is 0.433 e. The van der Waals surface area contributed by atoms with Gasteiger partial charge in [0.2, 0.25) is 0 Å². The maximum Gasteiger partial charge on any atom is 0.387 e. The molecule has 0 saturated carbocycles. The molecule has 1 aromatic carbocycles. The number of rotatable bonds is 5. The van der Waals surface area contributed by atoms with E-state index in [1.165, 1.54) is 10.7 Å². The number of halogens is 3. The van der Waals surface area contributed by atoms with E-state index in [-0.39, 0.29) is 5.75 Å². The first kappa shape index (κ1) is 12.9. The van der Waals surface area contributed by atoms with E-state index < -0.39 is 6.61 Å². The van der Waals surface area contributed by atoms with Crippen LogP contribution in [0, 0.1) is 0 Å². The summed E-state index contributed by atoms with van der Waals surface area (Å²) in [5.74, 6) is 0.0720. The van der Waals surface area contributed by atoms with Gasteiger partial charge in [0.1, 0.15) is 5.69 Å². The molecule has 1 aromatic heterocycles. The average molecular weight is 318 g/mol. The highest BCUT2D eigenvalue weighted by Crippen LogP contribution is 2.23. The van der Waals surface area contributed by atoms with Gasteiger partial charge in [-0.25, -0.2) is 4.68 Å². The Bertz CT molecular complexity index is 518. The van der Waals surface area contributed by atoms with Crippen molar-refractivity contribution in [3.8, 4) is 11.4 Å². The second-order valence-corrected chi connectivity index (χ2v) is 4.23. The number of hydrogen-bond acceptors (Lipinski definition) is 3. The smallest absolute Gasteiger partial charge is 0.387 e. The van der Waals surface area contributed by atoms with E-state index in [0.717, 1.165) is 17.4 Å². The quantitative estimate of drug-likeness (QED) is 0.796. The Labute approximate surface area is 111 Å². The van der Waals surface area contributed by atoms with Gasteiger partial charge in [-0.3, -0.25) is 0 Å². The Morgan fingerprint density at radius 1 is 1.33 bits per heavy atom. The molecule has 0 fully saturated rings. The van der Waals surface area contributed by atoms with Crippen molar-refractivity contribution in [1.29, 1.82) is 0 Å². The predicted octanol–water partition coefficient (Wildman–Crippen LogP) is 2.81. The number of ether oxygens (including phenoxy) is 1. The minimum atomic E-state index is -2.86. The zero-order valence-electron chi connectivity index (χ0n) is 9.26. The number of alkyl halides is 3. The topological polar surface area (TPSA) is 39.9 Å². The molecule has 0 aliphatic heterocycles. The lowest BCUT2D eigenvalue weighted by atomic mass is 10.3. The minimum Gasteiger partial charge on any atom is -0.433 e. The molecule has 18 heavy (non-hydrogen) atoms. The molecule has 0 bridgehead atoms. The third-order valence-corrected chi connectivity index (χ3v) is 2.62. The fraction of sp³-hybridized carbons (Fsp3) is 0.273. The van der Waals surface area contributed by atoms with Crippen LogP contribution in [-0.2, 0) is 6.42 Å². The lowest BCUT2D eigenvalue weighted by Gasteiger charge is -2.09. The van der Waals surface area contributed by atoms with Crippen molar-refractivity contribution in [2.45, 2.75) is 13.0 Å². The van der Waals surface area contributed by atoms with Crippen LogP contribution >= 0.6 is 15.9 Å². The zero-order valence-corrected chi connectivity index (χ0v) is 10.8. The van der Waals surface area contributed by atoms with Crippen molar-refractivity contribution in [3.63, 3.8) is 0 Å². The van der Waals surface area contributed by atoms with Crippen molar-refractivity contribution in [2.24, 2.45) is 0 Å². The molecule has 0 N–H and O–H groups in total.